The first-order valence-corrected chi connectivity index (χ1v) is 10.2. The second-order valence-corrected chi connectivity index (χ2v) is 7.18. The Morgan fingerprint density at radius 2 is 1.76 bits per heavy atom. The zero-order chi connectivity index (χ0) is 23.8. The summed E-state index contributed by atoms with van der Waals surface area (Å²) in [7, 11) is 0. The lowest BCUT2D eigenvalue weighted by atomic mass is 9.99. The number of aromatic carboxylic acids is 1. The molecule has 3 rings (SSSR count). The summed E-state index contributed by atoms with van der Waals surface area (Å²) in [5, 5.41) is 11.8. The molecule has 1 heterocycles. The zero-order valence-corrected chi connectivity index (χ0v) is 17.8. The lowest BCUT2D eigenvalue weighted by Crippen LogP contribution is -2.39. The van der Waals surface area contributed by atoms with Gasteiger partial charge in [-0.15, -0.1) is 0 Å². The molecule has 0 aliphatic heterocycles. The maximum absolute atomic E-state index is 13.5. The van der Waals surface area contributed by atoms with Gasteiger partial charge in [-0.2, -0.15) is 0 Å². The van der Waals surface area contributed by atoms with Crippen molar-refractivity contribution in [2.75, 3.05) is 6.61 Å². The number of carbonyl (C=O) groups excluding carboxylic acids is 2. The summed E-state index contributed by atoms with van der Waals surface area (Å²) in [6.07, 6.45) is 1.22. The molecular weight excluding hydrogens is 429 g/mol. The van der Waals surface area contributed by atoms with Crippen molar-refractivity contribution in [2.45, 2.75) is 25.8 Å². The largest absolute Gasteiger partial charge is 0.477 e. The van der Waals surface area contributed by atoms with Crippen molar-refractivity contribution in [2.24, 2.45) is 0 Å². The van der Waals surface area contributed by atoms with Crippen LogP contribution in [0.1, 0.15) is 39.9 Å². The Morgan fingerprint density at radius 1 is 1.03 bits per heavy atom. The van der Waals surface area contributed by atoms with Gasteiger partial charge in [-0.1, -0.05) is 36.4 Å². The second kappa shape index (κ2) is 10.9. The van der Waals surface area contributed by atoms with Crippen LogP contribution in [-0.4, -0.2) is 45.6 Å². The number of amides is 1. The number of nitrogens with one attached hydrogen (secondary N) is 1. The van der Waals surface area contributed by atoms with Gasteiger partial charge >= 0.3 is 11.9 Å². The van der Waals surface area contributed by atoms with E-state index in [0.29, 0.717) is 6.42 Å². The van der Waals surface area contributed by atoms with Crippen LogP contribution in [0.4, 0.5) is 4.39 Å². The number of ether oxygens (including phenoxy) is 1. The molecule has 1 aromatic heterocycles. The van der Waals surface area contributed by atoms with Crippen LogP contribution in [0.3, 0.4) is 0 Å². The smallest absolute Gasteiger partial charge is 0.354 e. The van der Waals surface area contributed by atoms with E-state index in [0.717, 1.165) is 29.1 Å². The Morgan fingerprint density at radius 3 is 2.42 bits per heavy atom. The summed E-state index contributed by atoms with van der Waals surface area (Å²) < 4.78 is 18.5. The molecule has 0 spiro atoms. The molecule has 0 aliphatic carbocycles. The quantitative estimate of drug-likeness (QED) is 0.479. The van der Waals surface area contributed by atoms with Gasteiger partial charge in [0.25, 0.3) is 5.91 Å². The number of aromatic nitrogens is 2. The Kier molecular flexibility index (Phi) is 7.80. The van der Waals surface area contributed by atoms with Crippen LogP contribution in [-0.2, 0) is 16.0 Å². The molecular formula is C24H22FN3O5. The average molecular weight is 451 g/mol. The van der Waals surface area contributed by atoms with Gasteiger partial charge in [0, 0.05) is 12.1 Å². The van der Waals surface area contributed by atoms with E-state index in [1.54, 1.807) is 19.1 Å². The van der Waals surface area contributed by atoms with Crippen LogP contribution >= 0.6 is 0 Å². The molecule has 1 amide bonds. The fourth-order valence-electron chi connectivity index (χ4n) is 3.24. The summed E-state index contributed by atoms with van der Waals surface area (Å²) in [4.78, 5) is 43.2. The Labute approximate surface area is 189 Å². The minimum Gasteiger partial charge on any atom is -0.477 e. The van der Waals surface area contributed by atoms with Crippen molar-refractivity contribution in [1.82, 2.24) is 15.3 Å². The summed E-state index contributed by atoms with van der Waals surface area (Å²) in [5.41, 5.74) is 1.95. The van der Waals surface area contributed by atoms with Crippen molar-refractivity contribution >= 4 is 17.8 Å². The molecule has 0 saturated carbocycles. The predicted molar refractivity (Wildman–Crippen MR) is 117 cm³/mol. The van der Waals surface area contributed by atoms with E-state index in [1.165, 1.54) is 12.1 Å². The molecule has 3 aromatic rings. The first kappa shape index (κ1) is 23.5. The van der Waals surface area contributed by atoms with Crippen LogP contribution in [0.25, 0.3) is 11.1 Å². The van der Waals surface area contributed by atoms with Crippen molar-refractivity contribution in [3.05, 3.63) is 83.7 Å². The third-order valence-corrected chi connectivity index (χ3v) is 4.77. The van der Waals surface area contributed by atoms with Gasteiger partial charge in [-0.05, 0) is 42.2 Å². The number of carbonyl (C=O) groups is 3. The lowest BCUT2D eigenvalue weighted by molar-refractivity contribution is -0.143. The van der Waals surface area contributed by atoms with Crippen molar-refractivity contribution in [3.8, 4) is 11.1 Å². The molecule has 8 nitrogen and oxygen atoms in total. The number of hydrogen-bond donors (Lipinski definition) is 2. The van der Waals surface area contributed by atoms with Gasteiger partial charge in [-0.25, -0.2) is 19.2 Å². The van der Waals surface area contributed by atoms with Gasteiger partial charge < -0.3 is 15.2 Å². The molecule has 1 atom stereocenters. The van der Waals surface area contributed by atoms with E-state index in [2.05, 4.69) is 15.3 Å². The van der Waals surface area contributed by atoms with Gasteiger partial charge in [0.05, 0.1) is 13.0 Å². The number of esters is 1. The summed E-state index contributed by atoms with van der Waals surface area (Å²) >= 11 is 0. The number of benzene rings is 2. The van der Waals surface area contributed by atoms with Gasteiger partial charge in [0.1, 0.15) is 17.8 Å². The van der Waals surface area contributed by atoms with E-state index >= 15 is 0 Å². The van der Waals surface area contributed by atoms with Gasteiger partial charge in [0.2, 0.25) is 0 Å². The molecule has 0 radical (unpaired) electrons. The van der Waals surface area contributed by atoms with E-state index in [4.69, 9.17) is 9.84 Å². The minimum atomic E-state index is -1.28. The molecule has 0 bridgehead atoms. The van der Waals surface area contributed by atoms with E-state index in [-0.39, 0.29) is 30.2 Å². The highest BCUT2D eigenvalue weighted by Gasteiger charge is 2.20. The Balaban J connectivity index is 1.76. The van der Waals surface area contributed by atoms with Crippen LogP contribution in [0.15, 0.2) is 60.9 Å². The number of carboxylic acids is 1. The highest BCUT2D eigenvalue weighted by molar-refractivity contribution is 5.95. The SMILES string of the molecule is CCOC(=O)C[C@@H](Cc1ccc(-c2cccc(F)c2)cc1)NC(=O)c1cc(C(=O)O)ncn1. The van der Waals surface area contributed by atoms with Gasteiger partial charge in [0.15, 0.2) is 5.69 Å². The molecule has 170 valence electrons. The minimum absolute atomic E-state index is 0.0813. The third kappa shape index (κ3) is 6.67. The second-order valence-electron chi connectivity index (χ2n) is 7.18. The molecule has 2 N–H and O–H groups in total. The highest BCUT2D eigenvalue weighted by Crippen LogP contribution is 2.21. The molecule has 0 unspecified atom stereocenters. The Bertz CT molecular complexity index is 1150. The topological polar surface area (TPSA) is 118 Å². The molecule has 2 aromatic carbocycles. The monoisotopic (exact) mass is 451 g/mol. The highest BCUT2D eigenvalue weighted by atomic mass is 19.1. The van der Waals surface area contributed by atoms with Crippen LogP contribution < -0.4 is 5.32 Å². The number of rotatable bonds is 9. The summed E-state index contributed by atoms with van der Waals surface area (Å²) in [6.45, 7) is 1.89. The number of halogens is 1. The zero-order valence-electron chi connectivity index (χ0n) is 17.8. The first-order chi connectivity index (χ1) is 15.9. The summed E-state index contributed by atoms with van der Waals surface area (Å²) in [6, 6.07) is 14.0. The molecule has 0 fully saturated rings. The molecule has 33 heavy (non-hydrogen) atoms. The summed E-state index contributed by atoms with van der Waals surface area (Å²) in [5.74, 6) is -2.73. The fraction of sp³-hybridized carbons (Fsp3) is 0.208. The third-order valence-electron chi connectivity index (χ3n) is 4.77. The normalized spacial score (nSPS) is 11.5. The molecule has 0 saturated heterocycles. The standard InChI is InChI=1S/C24H22FN3O5/c1-2-33-22(29)12-19(28-23(30)20-13-21(24(31)32)27-14-26-20)10-15-6-8-16(9-7-15)17-4-3-5-18(25)11-17/h3-9,11,13-14,19H,2,10,12H2,1H3,(H,28,30)(H,31,32)/t19-/m1/s1. The Hall–Kier alpha value is -4.14. The van der Waals surface area contributed by atoms with E-state index < -0.39 is 23.9 Å². The van der Waals surface area contributed by atoms with Crippen LogP contribution in [0.5, 0.6) is 0 Å². The fourth-order valence-corrected chi connectivity index (χ4v) is 3.24. The predicted octanol–water partition coefficient (Wildman–Crippen LogP) is 3.28. The van der Waals surface area contributed by atoms with Crippen LogP contribution in [0, 0.1) is 5.82 Å². The number of nitrogens with zero attached hydrogens (tertiary/aromatic N) is 2. The van der Waals surface area contributed by atoms with Crippen LogP contribution in [0.2, 0.25) is 0 Å². The average Bonchev–Trinajstić information content (AvgIpc) is 2.79. The first-order valence-electron chi connectivity index (χ1n) is 10.2. The van der Waals surface area contributed by atoms with E-state index in [1.807, 2.05) is 24.3 Å². The number of hydrogen-bond acceptors (Lipinski definition) is 6. The van der Waals surface area contributed by atoms with Crippen molar-refractivity contribution in [1.29, 1.82) is 0 Å². The van der Waals surface area contributed by atoms with Gasteiger partial charge in [-0.3, -0.25) is 9.59 Å². The maximum Gasteiger partial charge on any atom is 0.354 e. The molecule has 0 aliphatic rings. The van der Waals surface area contributed by atoms with Crippen molar-refractivity contribution in [3.63, 3.8) is 0 Å². The molecule has 9 heteroatoms. The number of carboxylic acid groups (broad SMARTS) is 1. The lowest BCUT2D eigenvalue weighted by Gasteiger charge is -2.18. The van der Waals surface area contributed by atoms with Crippen molar-refractivity contribution < 1.29 is 28.6 Å². The van der Waals surface area contributed by atoms with E-state index in [9.17, 15) is 18.8 Å². The maximum atomic E-state index is 13.5.